The molecule has 0 spiro atoms. The quantitative estimate of drug-likeness (QED) is 0.506. The van der Waals surface area contributed by atoms with Crippen LogP contribution < -0.4 is 5.32 Å². The second-order valence-corrected chi connectivity index (χ2v) is 8.82. The predicted octanol–water partition coefficient (Wildman–Crippen LogP) is 5.75. The molecule has 3 aromatic rings. The number of nitrogens with one attached hydrogen (secondary N) is 1. The number of hydrogen-bond acceptors (Lipinski definition) is 2. The highest BCUT2D eigenvalue weighted by Crippen LogP contribution is 2.38. The zero-order valence-electron chi connectivity index (χ0n) is 18.0. The van der Waals surface area contributed by atoms with Crippen molar-refractivity contribution in [2.45, 2.75) is 51.8 Å². The van der Waals surface area contributed by atoms with Crippen LogP contribution in [-0.4, -0.2) is 17.3 Å². The molecule has 0 saturated carbocycles. The lowest BCUT2D eigenvalue weighted by Gasteiger charge is -2.43. The van der Waals surface area contributed by atoms with E-state index >= 15 is 0 Å². The maximum atomic E-state index is 11.2. The van der Waals surface area contributed by atoms with E-state index in [1.165, 1.54) is 0 Å². The van der Waals surface area contributed by atoms with Crippen LogP contribution in [0.25, 0.3) is 0 Å². The molecule has 0 aliphatic rings. The SMILES string of the molecule is CC[C@@H](NC(c1ccccc1)(c1ccccc1)c1ccccc1)[C@H](O)C(C)(C)C. The molecule has 0 aliphatic carbocycles. The second kappa shape index (κ2) is 8.94. The van der Waals surface area contributed by atoms with E-state index in [-0.39, 0.29) is 11.5 Å². The van der Waals surface area contributed by atoms with Gasteiger partial charge >= 0.3 is 0 Å². The molecule has 0 radical (unpaired) electrons. The Kier molecular flexibility index (Phi) is 6.56. The highest BCUT2D eigenvalue weighted by Gasteiger charge is 2.41. The molecule has 3 rings (SSSR count). The van der Waals surface area contributed by atoms with Crippen LogP contribution >= 0.6 is 0 Å². The Labute approximate surface area is 175 Å². The average molecular weight is 388 g/mol. The fraction of sp³-hybridized carbons (Fsp3) is 0.333. The van der Waals surface area contributed by atoms with Crippen molar-refractivity contribution in [3.8, 4) is 0 Å². The Morgan fingerprint density at radius 2 is 1.03 bits per heavy atom. The van der Waals surface area contributed by atoms with Gasteiger partial charge in [-0.3, -0.25) is 5.32 Å². The van der Waals surface area contributed by atoms with Gasteiger partial charge in [0, 0.05) is 6.04 Å². The minimum absolute atomic E-state index is 0.0735. The van der Waals surface area contributed by atoms with E-state index in [0.29, 0.717) is 0 Å². The second-order valence-electron chi connectivity index (χ2n) is 8.82. The fourth-order valence-corrected chi connectivity index (χ4v) is 4.10. The highest BCUT2D eigenvalue weighted by molar-refractivity contribution is 5.49. The predicted molar refractivity (Wildman–Crippen MR) is 122 cm³/mol. The van der Waals surface area contributed by atoms with Crippen molar-refractivity contribution in [1.82, 2.24) is 5.32 Å². The molecular weight excluding hydrogens is 354 g/mol. The molecule has 0 aliphatic heterocycles. The molecule has 0 amide bonds. The number of aliphatic hydroxyl groups is 1. The minimum Gasteiger partial charge on any atom is -0.391 e. The Morgan fingerprint density at radius 3 is 1.31 bits per heavy atom. The van der Waals surface area contributed by atoms with Gasteiger partial charge in [0.25, 0.3) is 0 Å². The lowest BCUT2D eigenvalue weighted by atomic mass is 9.74. The summed E-state index contributed by atoms with van der Waals surface area (Å²) in [7, 11) is 0. The smallest absolute Gasteiger partial charge is 0.0950 e. The first kappa shape index (κ1) is 21.3. The van der Waals surface area contributed by atoms with Crippen LogP contribution in [0.3, 0.4) is 0 Å². The van der Waals surface area contributed by atoms with E-state index in [2.05, 4.69) is 106 Å². The van der Waals surface area contributed by atoms with Gasteiger partial charge in [0.05, 0.1) is 11.6 Å². The Morgan fingerprint density at radius 1 is 0.690 bits per heavy atom. The van der Waals surface area contributed by atoms with Gasteiger partial charge < -0.3 is 5.11 Å². The number of hydrogen-bond donors (Lipinski definition) is 2. The van der Waals surface area contributed by atoms with Gasteiger partial charge in [0.15, 0.2) is 0 Å². The van der Waals surface area contributed by atoms with Crippen LogP contribution in [0.2, 0.25) is 0 Å². The number of benzene rings is 3. The van der Waals surface area contributed by atoms with Crippen molar-refractivity contribution >= 4 is 0 Å². The molecule has 2 N–H and O–H groups in total. The van der Waals surface area contributed by atoms with Crippen LogP contribution in [0.5, 0.6) is 0 Å². The third kappa shape index (κ3) is 4.44. The number of aliphatic hydroxyl groups excluding tert-OH is 1. The molecular formula is C27H33NO. The van der Waals surface area contributed by atoms with Gasteiger partial charge in [0.2, 0.25) is 0 Å². The zero-order chi connectivity index (χ0) is 20.9. The Bertz CT molecular complexity index is 772. The van der Waals surface area contributed by atoms with Crippen LogP contribution in [-0.2, 0) is 5.54 Å². The maximum Gasteiger partial charge on any atom is 0.0950 e. The largest absolute Gasteiger partial charge is 0.391 e. The van der Waals surface area contributed by atoms with Gasteiger partial charge in [-0.1, -0.05) is 119 Å². The van der Waals surface area contributed by atoms with E-state index < -0.39 is 11.6 Å². The summed E-state index contributed by atoms with van der Waals surface area (Å²) in [6, 6.07) is 31.6. The molecule has 2 atom stereocenters. The van der Waals surface area contributed by atoms with Gasteiger partial charge in [-0.2, -0.15) is 0 Å². The summed E-state index contributed by atoms with van der Waals surface area (Å²) >= 11 is 0. The van der Waals surface area contributed by atoms with Gasteiger partial charge in [-0.05, 0) is 28.5 Å². The lowest BCUT2D eigenvalue weighted by Crippen LogP contribution is -2.56. The standard InChI is InChI=1S/C27H33NO/c1-5-24(25(29)26(2,3)4)28-27(21-15-9-6-10-16-21,22-17-11-7-12-18-22)23-19-13-8-14-20-23/h6-20,24-25,28-29H,5H2,1-4H3/t24-,25+/m1/s1. The van der Waals surface area contributed by atoms with Gasteiger partial charge in [-0.15, -0.1) is 0 Å². The van der Waals surface area contributed by atoms with Crippen LogP contribution in [0.4, 0.5) is 0 Å². The molecule has 0 heterocycles. The minimum atomic E-state index is -0.559. The maximum absolute atomic E-state index is 11.2. The van der Waals surface area contributed by atoms with Crippen molar-refractivity contribution in [3.63, 3.8) is 0 Å². The van der Waals surface area contributed by atoms with E-state index in [0.717, 1.165) is 23.1 Å². The monoisotopic (exact) mass is 387 g/mol. The molecule has 0 bridgehead atoms. The number of rotatable bonds is 7. The Hall–Kier alpha value is -2.42. The lowest BCUT2D eigenvalue weighted by molar-refractivity contribution is 0.0211. The summed E-state index contributed by atoms with van der Waals surface area (Å²) in [5.41, 5.74) is 2.71. The van der Waals surface area contributed by atoms with E-state index in [4.69, 9.17) is 0 Å². The van der Waals surface area contributed by atoms with Crippen molar-refractivity contribution in [2.24, 2.45) is 5.41 Å². The van der Waals surface area contributed by atoms with Gasteiger partial charge in [-0.25, -0.2) is 0 Å². The molecule has 29 heavy (non-hydrogen) atoms. The summed E-state index contributed by atoms with van der Waals surface area (Å²) < 4.78 is 0. The summed E-state index contributed by atoms with van der Waals surface area (Å²) in [5, 5.41) is 15.1. The van der Waals surface area contributed by atoms with E-state index in [1.807, 2.05) is 18.2 Å². The van der Waals surface area contributed by atoms with Crippen molar-refractivity contribution < 1.29 is 5.11 Å². The first-order valence-electron chi connectivity index (χ1n) is 10.5. The average Bonchev–Trinajstić information content (AvgIpc) is 2.76. The molecule has 2 nitrogen and oxygen atoms in total. The third-order valence-electron chi connectivity index (χ3n) is 5.73. The summed E-state index contributed by atoms with van der Waals surface area (Å²) in [6.45, 7) is 8.42. The van der Waals surface area contributed by atoms with E-state index in [9.17, 15) is 5.11 Å². The molecule has 0 fully saturated rings. The van der Waals surface area contributed by atoms with Crippen LogP contribution in [0, 0.1) is 5.41 Å². The van der Waals surface area contributed by atoms with Gasteiger partial charge in [0.1, 0.15) is 0 Å². The summed E-state index contributed by atoms with van der Waals surface area (Å²) in [6.07, 6.45) is 0.343. The first-order valence-corrected chi connectivity index (χ1v) is 10.5. The van der Waals surface area contributed by atoms with Crippen molar-refractivity contribution in [1.29, 1.82) is 0 Å². The third-order valence-corrected chi connectivity index (χ3v) is 5.73. The zero-order valence-corrected chi connectivity index (χ0v) is 18.0. The molecule has 0 unspecified atom stereocenters. The summed E-state index contributed by atoms with van der Waals surface area (Å²) in [5.74, 6) is 0. The molecule has 152 valence electrons. The van der Waals surface area contributed by atoms with Crippen LogP contribution in [0.15, 0.2) is 91.0 Å². The summed E-state index contributed by atoms with van der Waals surface area (Å²) in [4.78, 5) is 0. The van der Waals surface area contributed by atoms with E-state index in [1.54, 1.807) is 0 Å². The fourth-order valence-electron chi connectivity index (χ4n) is 4.10. The highest BCUT2D eigenvalue weighted by atomic mass is 16.3. The Balaban J connectivity index is 2.25. The molecule has 3 aromatic carbocycles. The normalized spacial score (nSPS) is 14.4. The molecule has 2 heteroatoms. The van der Waals surface area contributed by atoms with Crippen molar-refractivity contribution in [3.05, 3.63) is 108 Å². The molecule has 0 saturated heterocycles. The first-order chi connectivity index (χ1) is 13.9. The topological polar surface area (TPSA) is 32.3 Å². The van der Waals surface area contributed by atoms with Crippen molar-refractivity contribution in [2.75, 3.05) is 0 Å². The van der Waals surface area contributed by atoms with Crippen LogP contribution in [0.1, 0.15) is 50.8 Å². The molecule has 0 aromatic heterocycles.